The van der Waals surface area contributed by atoms with E-state index in [2.05, 4.69) is 17.2 Å². The first-order valence-corrected chi connectivity index (χ1v) is 13.2. The van der Waals surface area contributed by atoms with E-state index in [1.54, 1.807) is 20.8 Å². The SMILES string of the molecule is CCCCCCn1c(-c2ccc(SC(C)(C)C(=O)O)cc2)nc(C(=O)Nc2ccc(C(F)(F)F)cc2)c1C. The number of halogens is 3. The van der Waals surface area contributed by atoms with Gasteiger partial charge in [-0.3, -0.25) is 9.59 Å². The number of carbonyl (C=O) groups is 2. The fourth-order valence-corrected chi connectivity index (χ4v) is 4.83. The number of anilines is 1. The maximum Gasteiger partial charge on any atom is 0.416 e. The van der Waals surface area contributed by atoms with Crippen LogP contribution in [0.15, 0.2) is 53.4 Å². The quantitative estimate of drug-likeness (QED) is 0.190. The van der Waals surface area contributed by atoms with E-state index in [9.17, 15) is 27.9 Å². The van der Waals surface area contributed by atoms with Crippen molar-refractivity contribution in [3.05, 3.63) is 65.5 Å². The second-order valence-corrected chi connectivity index (χ2v) is 11.2. The Morgan fingerprint density at radius 1 is 1.00 bits per heavy atom. The number of hydrogen-bond acceptors (Lipinski definition) is 4. The molecule has 0 unspecified atom stereocenters. The highest BCUT2D eigenvalue weighted by atomic mass is 32.2. The molecule has 0 bridgehead atoms. The highest BCUT2D eigenvalue weighted by molar-refractivity contribution is 8.01. The average Bonchev–Trinajstić information content (AvgIpc) is 3.18. The summed E-state index contributed by atoms with van der Waals surface area (Å²) in [4.78, 5) is 30.0. The van der Waals surface area contributed by atoms with Gasteiger partial charge in [-0.1, -0.05) is 38.3 Å². The number of thioether (sulfide) groups is 1. The van der Waals surface area contributed by atoms with Crippen LogP contribution >= 0.6 is 11.8 Å². The second-order valence-electron chi connectivity index (χ2n) is 9.55. The number of carboxylic acid groups (broad SMARTS) is 1. The molecule has 0 radical (unpaired) electrons. The molecule has 3 aromatic rings. The monoisotopic (exact) mass is 547 g/mol. The molecule has 0 aliphatic rings. The Bertz CT molecular complexity index is 1270. The molecule has 0 spiro atoms. The maximum absolute atomic E-state index is 13.1. The number of aromatic nitrogens is 2. The molecule has 3 rings (SSSR count). The number of nitrogens with one attached hydrogen (secondary N) is 1. The number of hydrogen-bond donors (Lipinski definition) is 2. The van der Waals surface area contributed by atoms with Crippen molar-refractivity contribution in [2.24, 2.45) is 0 Å². The van der Waals surface area contributed by atoms with Crippen LogP contribution in [-0.2, 0) is 17.5 Å². The van der Waals surface area contributed by atoms with E-state index in [-0.39, 0.29) is 11.4 Å². The van der Waals surface area contributed by atoms with Crippen LogP contribution in [0.4, 0.5) is 18.9 Å². The van der Waals surface area contributed by atoms with Crippen LogP contribution in [-0.4, -0.2) is 31.3 Å². The number of imidazole rings is 1. The lowest BCUT2D eigenvalue weighted by atomic mass is 10.2. The van der Waals surface area contributed by atoms with E-state index in [1.165, 1.54) is 23.9 Å². The smallest absolute Gasteiger partial charge is 0.416 e. The molecule has 0 saturated carbocycles. The van der Waals surface area contributed by atoms with Gasteiger partial charge in [-0.25, -0.2) is 4.98 Å². The van der Waals surface area contributed by atoms with Crippen LogP contribution in [0.25, 0.3) is 11.4 Å². The molecule has 10 heteroatoms. The van der Waals surface area contributed by atoms with Gasteiger partial charge in [0.05, 0.1) is 5.56 Å². The molecular formula is C28H32F3N3O3S. The van der Waals surface area contributed by atoms with E-state index in [0.717, 1.165) is 48.3 Å². The molecule has 0 aliphatic carbocycles. The van der Waals surface area contributed by atoms with Crippen molar-refractivity contribution in [1.29, 1.82) is 0 Å². The minimum atomic E-state index is -4.46. The average molecular weight is 548 g/mol. The number of aliphatic carboxylic acids is 1. The number of carboxylic acids is 1. The number of benzene rings is 2. The normalized spacial score (nSPS) is 12.0. The van der Waals surface area contributed by atoms with Crippen LogP contribution in [0.2, 0.25) is 0 Å². The van der Waals surface area contributed by atoms with Gasteiger partial charge in [-0.15, -0.1) is 11.8 Å². The van der Waals surface area contributed by atoms with Crippen molar-refractivity contribution in [3.63, 3.8) is 0 Å². The molecule has 38 heavy (non-hydrogen) atoms. The van der Waals surface area contributed by atoms with Gasteiger partial charge in [0.15, 0.2) is 0 Å². The lowest BCUT2D eigenvalue weighted by molar-refractivity contribution is -0.139. The summed E-state index contributed by atoms with van der Waals surface area (Å²) in [7, 11) is 0. The van der Waals surface area contributed by atoms with Crippen LogP contribution in [0.1, 0.15) is 68.2 Å². The minimum absolute atomic E-state index is 0.195. The number of amides is 1. The number of rotatable bonds is 11. The third-order valence-corrected chi connectivity index (χ3v) is 7.33. The molecule has 1 heterocycles. The summed E-state index contributed by atoms with van der Waals surface area (Å²) < 4.78 is 39.6. The third-order valence-electron chi connectivity index (χ3n) is 6.14. The van der Waals surface area contributed by atoms with Gasteiger partial charge in [0, 0.05) is 28.4 Å². The molecule has 0 saturated heterocycles. The van der Waals surface area contributed by atoms with Gasteiger partial charge in [-0.05, 0) is 63.6 Å². The van der Waals surface area contributed by atoms with Crippen molar-refractivity contribution in [2.75, 3.05) is 5.32 Å². The van der Waals surface area contributed by atoms with Crippen LogP contribution in [0.3, 0.4) is 0 Å². The van der Waals surface area contributed by atoms with Crippen molar-refractivity contribution >= 4 is 29.3 Å². The lowest BCUT2D eigenvalue weighted by Gasteiger charge is -2.18. The topological polar surface area (TPSA) is 84.2 Å². The number of unbranched alkanes of at least 4 members (excludes halogenated alkanes) is 3. The molecule has 6 nitrogen and oxygen atoms in total. The first-order valence-electron chi connectivity index (χ1n) is 12.4. The van der Waals surface area contributed by atoms with Crippen molar-refractivity contribution in [1.82, 2.24) is 9.55 Å². The van der Waals surface area contributed by atoms with Gasteiger partial charge >= 0.3 is 12.1 Å². The highest BCUT2D eigenvalue weighted by Crippen LogP contribution is 2.34. The molecule has 2 N–H and O–H groups in total. The Balaban J connectivity index is 1.89. The summed E-state index contributed by atoms with van der Waals surface area (Å²) >= 11 is 1.24. The Morgan fingerprint density at radius 2 is 1.63 bits per heavy atom. The summed E-state index contributed by atoms with van der Waals surface area (Å²) in [6, 6.07) is 11.6. The zero-order chi connectivity index (χ0) is 28.1. The zero-order valence-electron chi connectivity index (χ0n) is 21.9. The first-order chi connectivity index (χ1) is 17.8. The largest absolute Gasteiger partial charge is 0.480 e. The summed E-state index contributed by atoms with van der Waals surface area (Å²) in [6.07, 6.45) is -0.348. The van der Waals surface area contributed by atoms with Crippen LogP contribution in [0, 0.1) is 6.92 Å². The molecule has 0 atom stereocenters. The van der Waals surface area contributed by atoms with E-state index < -0.39 is 28.4 Å². The molecule has 0 fully saturated rings. The predicted molar refractivity (Wildman–Crippen MR) is 144 cm³/mol. The summed E-state index contributed by atoms with van der Waals surface area (Å²) in [6.45, 7) is 7.87. The van der Waals surface area contributed by atoms with E-state index >= 15 is 0 Å². The Labute approximate surface area is 224 Å². The van der Waals surface area contributed by atoms with E-state index in [1.807, 2.05) is 28.8 Å². The first kappa shape index (κ1) is 29.3. The molecule has 1 amide bonds. The second kappa shape index (κ2) is 12.1. The summed E-state index contributed by atoms with van der Waals surface area (Å²) in [5, 5.41) is 12.1. The minimum Gasteiger partial charge on any atom is -0.480 e. The van der Waals surface area contributed by atoms with Gasteiger partial charge < -0.3 is 15.0 Å². The Morgan fingerprint density at radius 3 is 2.18 bits per heavy atom. The molecule has 2 aromatic carbocycles. The molecule has 0 aliphatic heterocycles. The van der Waals surface area contributed by atoms with Gasteiger partial charge in [0.25, 0.3) is 5.91 Å². The maximum atomic E-state index is 13.1. The highest BCUT2D eigenvalue weighted by Gasteiger charge is 2.30. The van der Waals surface area contributed by atoms with Crippen molar-refractivity contribution in [3.8, 4) is 11.4 Å². The van der Waals surface area contributed by atoms with Gasteiger partial charge in [-0.2, -0.15) is 13.2 Å². The molecular weight excluding hydrogens is 515 g/mol. The van der Waals surface area contributed by atoms with Crippen LogP contribution < -0.4 is 5.32 Å². The molecule has 204 valence electrons. The Hall–Kier alpha value is -3.27. The third kappa shape index (κ3) is 7.18. The number of carbonyl (C=O) groups excluding carboxylic acids is 1. The van der Waals surface area contributed by atoms with E-state index in [0.29, 0.717) is 18.1 Å². The van der Waals surface area contributed by atoms with E-state index in [4.69, 9.17) is 0 Å². The van der Waals surface area contributed by atoms with Crippen molar-refractivity contribution in [2.45, 2.75) is 75.7 Å². The lowest BCUT2D eigenvalue weighted by Crippen LogP contribution is -2.26. The fourth-order valence-electron chi connectivity index (χ4n) is 3.88. The van der Waals surface area contributed by atoms with Gasteiger partial charge in [0.2, 0.25) is 0 Å². The standard InChI is InChI=1S/C28H32F3N3O3S/c1-5-6-7-8-17-34-18(2)23(25(35)32-21-13-11-20(12-14-21)28(29,30)31)33-24(34)19-9-15-22(16-10-19)38-27(3,4)26(36)37/h9-16H,5-8,17H2,1-4H3,(H,32,35)(H,36,37). The fraction of sp³-hybridized carbons (Fsp3) is 0.393. The summed E-state index contributed by atoms with van der Waals surface area (Å²) in [5.41, 5.74) is 1.07. The van der Waals surface area contributed by atoms with Crippen molar-refractivity contribution < 1.29 is 27.9 Å². The number of nitrogens with zero attached hydrogens (tertiary/aromatic N) is 2. The van der Waals surface area contributed by atoms with Crippen LogP contribution in [0.5, 0.6) is 0 Å². The zero-order valence-corrected chi connectivity index (χ0v) is 22.7. The summed E-state index contributed by atoms with van der Waals surface area (Å²) in [5.74, 6) is -0.815. The molecule has 1 aromatic heterocycles. The van der Waals surface area contributed by atoms with Gasteiger partial charge in [0.1, 0.15) is 16.3 Å². The predicted octanol–water partition coefficient (Wildman–Crippen LogP) is 7.67. The number of alkyl halides is 3. The Kier molecular flexibility index (Phi) is 9.30.